The van der Waals surface area contributed by atoms with Crippen molar-refractivity contribution in [3.8, 4) is 5.75 Å². The summed E-state index contributed by atoms with van der Waals surface area (Å²) in [4.78, 5) is 13.1. The van der Waals surface area contributed by atoms with E-state index in [1.807, 2.05) is 29.2 Å². The number of aliphatic carboxylic acids is 1. The van der Waals surface area contributed by atoms with E-state index in [4.69, 9.17) is 32.7 Å². The summed E-state index contributed by atoms with van der Waals surface area (Å²) in [6.45, 7) is 3.64. The Morgan fingerprint density at radius 3 is 2.50 bits per heavy atom. The number of hydrogen-bond donors (Lipinski definition) is 1. The van der Waals surface area contributed by atoms with Crippen LogP contribution >= 0.6 is 35.6 Å². The Morgan fingerprint density at radius 1 is 1.25 bits per heavy atom. The zero-order valence-electron chi connectivity index (χ0n) is 15.3. The van der Waals surface area contributed by atoms with Gasteiger partial charge >= 0.3 is 5.97 Å². The number of ether oxygens (including phenoxy) is 2. The highest BCUT2D eigenvalue weighted by molar-refractivity contribution is 6.35. The van der Waals surface area contributed by atoms with Gasteiger partial charge < -0.3 is 14.6 Å². The zero-order chi connectivity index (χ0) is 19.4. The topological polar surface area (TPSA) is 59.0 Å². The van der Waals surface area contributed by atoms with Crippen molar-refractivity contribution >= 4 is 41.6 Å². The normalized spacial score (nSPS) is 18.2. The largest absolute Gasteiger partial charge is 0.489 e. The quantitative estimate of drug-likeness (QED) is 0.688. The van der Waals surface area contributed by atoms with Crippen molar-refractivity contribution in [3.05, 3.63) is 63.6 Å². The third-order valence-corrected chi connectivity index (χ3v) is 5.41. The summed E-state index contributed by atoms with van der Waals surface area (Å²) in [6.07, 6.45) is -0.160. The molecule has 152 valence electrons. The molecule has 1 aliphatic rings. The van der Waals surface area contributed by atoms with Gasteiger partial charge in [-0.25, -0.2) is 0 Å². The summed E-state index contributed by atoms with van der Waals surface area (Å²) in [6, 6.07) is 12.4. The molecule has 0 amide bonds. The Labute approximate surface area is 180 Å². The van der Waals surface area contributed by atoms with Gasteiger partial charge in [0.25, 0.3) is 0 Å². The molecule has 5 nitrogen and oxygen atoms in total. The molecule has 0 radical (unpaired) electrons. The van der Waals surface area contributed by atoms with E-state index in [0.717, 1.165) is 11.1 Å². The molecule has 28 heavy (non-hydrogen) atoms. The predicted octanol–water partition coefficient (Wildman–Crippen LogP) is 4.84. The van der Waals surface area contributed by atoms with Crippen LogP contribution in [-0.4, -0.2) is 41.7 Å². The van der Waals surface area contributed by atoms with Gasteiger partial charge in [0, 0.05) is 28.7 Å². The van der Waals surface area contributed by atoms with Crippen molar-refractivity contribution in [3.63, 3.8) is 0 Å². The molecule has 1 heterocycles. The van der Waals surface area contributed by atoms with E-state index in [-0.39, 0.29) is 25.1 Å². The highest BCUT2D eigenvalue weighted by Gasteiger charge is 2.28. The second-order valence-electron chi connectivity index (χ2n) is 6.43. The SMILES string of the molecule is CC(C(=O)O)N1CCOC(c2ccc(OCc3c(Cl)cccc3Cl)cc2)C1.Cl. The monoisotopic (exact) mass is 445 g/mol. The van der Waals surface area contributed by atoms with Gasteiger partial charge in [0.05, 0.1) is 12.7 Å². The van der Waals surface area contributed by atoms with Crippen molar-refractivity contribution < 1.29 is 19.4 Å². The Bertz CT molecular complexity index is 780. The van der Waals surface area contributed by atoms with Crippen LogP contribution in [0.1, 0.15) is 24.2 Å². The fourth-order valence-corrected chi connectivity index (χ4v) is 3.49. The second-order valence-corrected chi connectivity index (χ2v) is 7.24. The van der Waals surface area contributed by atoms with Gasteiger partial charge in [0.1, 0.15) is 18.4 Å². The summed E-state index contributed by atoms with van der Waals surface area (Å²) < 4.78 is 11.6. The molecule has 1 fully saturated rings. The minimum absolute atomic E-state index is 0. The molecule has 0 bridgehead atoms. The van der Waals surface area contributed by atoms with Crippen molar-refractivity contribution in [2.24, 2.45) is 0 Å². The van der Waals surface area contributed by atoms with E-state index in [1.165, 1.54) is 0 Å². The lowest BCUT2D eigenvalue weighted by atomic mass is 10.1. The minimum atomic E-state index is -0.822. The molecular weight excluding hydrogens is 425 g/mol. The fourth-order valence-electron chi connectivity index (χ4n) is 2.98. The van der Waals surface area contributed by atoms with E-state index in [9.17, 15) is 9.90 Å². The number of nitrogens with zero attached hydrogens (tertiary/aromatic N) is 1. The molecule has 0 aliphatic carbocycles. The van der Waals surface area contributed by atoms with Crippen LogP contribution in [-0.2, 0) is 16.1 Å². The zero-order valence-corrected chi connectivity index (χ0v) is 17.6. The van der Waals surface area contributed by atoms with Crippen molar-refractivity contribution in [1.29, 1.82) is 0 Å². The highest BCUT2D eigenvalue weighted by atomic mass is 35.5. The average Bonchev–Trinajstić information content (AvgIpc) is 2.67. The summed E-state index contributed by atoms with van der Waals surface area (Å²) in [5, 5.41) is 10.3. The molecule has 2 aromatic rings. The third kappa shape index (κ3) is 5.52. The first-order valence-electron chi connectivity index (χ1n) is 8.70. The predicted molar refractivity (Wildman–Crippen MR) is 112 cm³/mol. The first-order valence-corrected chi connectivity index (χ1v) is 9.45. The summed E-state index contributed by atoms with van der Waals surface area (Å²) in [7, 11) is 0. The van der Waals surface area contributed by atoms with Crippen LogP contribution in [0.25, 0.3) is 0 Å². The number of hydrogen-bond acceptors (Lipinski definition) is 4. The number of carboxylic acid groups (broad SMARTS) is 1. The molecule has 1 aliphatic heterocycles. The number of halogens is 3. The van der Waals surface area contributed by atoms with Crippen LogP contribution in [0.3, 0.4) is 0 Å². The van der Waals surface area contributed by atoms with E-state index in [0.29, 0.717) is 35.5 Å². The van der Waals surface area contributed by atoms with Gasteiger partial charge in [-0.2, -0.15) is 0 Å². The molecule has 0 saturated carbocycles. The number of morpholine rings is 1. The van der Waals surface area contributed by atoms with Gasteiger partial charge in [-0.1, -0.05) is 41.4 Å². The summed E-state index contributed by atoms with van der Waals surface area (Å²) in [5.41, 5.74) is 1.74. The molecule has 8 heteroatoms. The lowest BCUT2D eigenvalue weighted by molar-refractivity contribution is -0.145. The molecular formula is C20H22Cl3NO4. The van der Waals surface area contributed by atoms with Gasteiger partial charge in [-0.3, -0.25) is 9.69 Å². The molecule has 0 aromatic heterocycles. The van der Waals surface area contributed by atoms with E-state index in [2.05, 4.69) is 0 Å². The van der Waals surface area contributed by atoms with Crippen LogP contribution in [0.5, 0.6) is 5.75 Å². The van der Waals surface area contributed by atoms with E-state index < -0.39 is 12.0 Å². The Hall–Kier alpha value is -1.50. The van der Waals surface area contributed by atoms with Crippen molar-refractivity contribution in [1.82, 2.24) is 4.90 Å². The number of carboxylic acids is 1. The smallest absolute Gasteiger partial charge is 0.320 e. The van der Waals surface area contributed by atoms with Crippen molar-refractivity contribution in [2.45, 2.75) is 25.7 Å². The summed E-state index contributed by atoms with van der Waals surface area (Å²) >= 11 is 12.3. The third-order valence-electron chi connectivity index (χ3n) is 4.70. The highest BCUT2D eigenvalue weighted by Crippen LogP contribution is 2.28. The van der Waals surface area contributed by atoms with Gasteiger partial charge in [-0.05, 0) is 36.8 Å². The van der Waals surface area contributed by atoms with Gasteiger partial charge in [0.2, 0.25) is 0 Å². The molecule has 2 unspecified atom stereocenters. The van der Waals surface area contributed by atoms with Crippen molar-refractivity contribution in [2.75, 3.05) is 19.7 Å². The fraction of sp³-hybridized carbons (Fsp3) is 0.350. The molecule has 2 atom stereocenters. The van der Waals surface area contributed by atoms with Crippen LogP contribution in [0.2, 0.25) is 10.0 Å². The van der Waals surface area contributed by atoms with E-state index >= 15 is 0 Å². The van der Waals surface area contributed by atoms with Crippen LogP contribution < -0.4 is 4.74 Å². The molecule has 2 aromatic carbocycles. The Morgan fingerprint density at radius 2 is 1.89 bits per heavy atom. The lowest BCUT2D eigenvalue weighted by Crippen LogP contribution is -2.46. The Kier molecular flexibility index (Phi) is 8.40. The molecule has 1 N–H and O–H groups in total. The van der Waals surface area contributed by atoms with E-state index in [1.54, 1.807) is 25.1 Å². The minimum Gasteiger partial charge on any atom is -0.489 e. The second kappa shape index (κ2) is 10.3. The first-order chi connectivity index (χ1) is 13.0. The number of carbonyl (C=O) groups is 1. The lowest BCUT2D eigenvalue weighted by Gasteiger charge is -2.35. The number of rotatable bonds is 6. The molecule has 1 saturated heterocycles. The maximum atomic E-state index is 11.2. The average molecular weight is 447 g/mol. The summed E-state index contributed by atoms with van der Waals surface area (Å²) in [5.74, 6) is -0.126. The van der Waals surface area contributed by atoms with Crippen LogP contribution in [0.4, 0.5) is 0 Å². The van der Waals surface area contributed by atoms with Gasteiger partial charge in [0.15, 0.2) is 0 Å². The maximum absolute atomic E-state index is 11.2. The first kappa shape index (κ1) is 22.8. The maximum Gasteiger partial charge on any atom is 0.320 e. The van der Waals surface area contributed by atoms with Gasteiger partial charge in [-0.15, -0.1) is 12.4 Å². The molecule has 0 spiro atoms. The van der Waals surface area contributed by atoms with Crippen LogP contribution in [0, 0.1) is 0 Å². The van der Waals surface area contributed by atoms with Crippen LogP contribution in [0.15, 0.2) is 42.5 Å². The number of benzene rings is 2. The standard InChI is InChI=1S/C20H21Cl2NO4.ClH/c1-13(20(24)25)23-9-10-26-19(11-23)14-5-7-15(8-6-14)27-12-16-17(21)3-2-4-18(16)22;/h2-8,13,19H,9-12H2,1H3,(H,24,25);1H. The Balaban J connectivity index is 0.00000280. The molecule has 3 rings (SSSR count).